The summed E-state index contributed by atoms with van der Waals surface area (Å²) in [4.78, 5) is 10.5. The van der Waals surface area contributed by atoms with Crippen molar-refractivity contribution in [3.8, 4) is 5.88 Å². The maximum Gasteiger partial charge on any atom is 0.228 e. The van der Waals surface area contributed by atoms with Gasteiger partial charge >= 0.3 is 0 Å². The second kappa shape index (κ2) is 7.00. The van der Waals surface area contributed by atoms with Gasteiger partial charge in [0.15, 0.2) is 0 Å². The zero-order valence-corrected chi connectivity index (χ0v) is 10.2. The molecule has 0 spiro atoms. The molecule has 0 aromatic carbocycles. The molecule has 16 heavy (non-hydrogen) atoms. The fourth-order valence-electron chi connectivity index (χ4n) is 1.28. The van der Waals surface area contributed by atoms with Crippen LogP contribution in [0.5, 0.6) is 5.88 Å². The molecule has 0 aliphatic rings. The van der Waals surface area contributed by atoms with E-state index in [0.29, 0.717) is 11.8 Å². The molecular formula is C11H20N4O. The molecule has 1 aromatic heterocycles. The third kappa shape index (κ3) is 4.02. The predicted octanol–water partition coefficient (Wildman–Crippen LogP) is 0.921. The molecule has 1 heterocycles. The van der Waals surface area contributed by atoms with Crippen LogP contribution in [0.15, 0.2) is 12.3 Å². The number of ether oxygens (including phenoxy) is 1. The Kier molecular flexibility index (Phi) is 5.56. The lowest BCUT2D eigenvalue weighted by Gasteiger charge is -2.17. The number of nitrogens with one attached hydrogen (secondary N) is 1. The third-order valence-electron chi connectivity index (χ3n) is 2.22. The van der Waals surface area contributed by atoms with Crippen LogP contribution in [-0.2, 0) is 0 Å². The van der Waals surface area contributed by atoms with Gasteiger partial charge in [0.1, 0.15) is 0 Å². The smallest absolute Gasteiger partial charge is 0.228 e. The lowest BCUT2D eigenvalue weighted by atomic mass is 10.4. The molecule has 0 amide bonds. The van der Waals surface area contributed by atoms with Crippen LogP contribution in [0, 0.1) is 0 Å². The van der Waals surface area contributed by atoms with Crippen LogP contribution in [-0.4, -0.2) is 43.8 Å². The maximum absolute atomic E-state index is 5.05. The Bertz CT molecular complexity index is 306. The monoisotopic (exact) mass is 224 g/mol. The molecule has 0 unspecified atom stereocenters. The van der Waals surface area contributed by atoms with Crippen molar-refractivity contribution in [2.24, 2.45) is 0 Å². The molecule has 0 aliphatic heterocycles. The molecule has 5 nitrogen and oxygen atoms in total. The number of likely N-dealkylation sites (N-methyl/N-ethyl adjacent to an activating group) is 1. The summed E-state index contributed by atoms with van der Waals surface area (Å²) in [6, 6.07) is 1.74. The SMILES string of the molecule is CCCNCCN(C)c1nccc(OC)n1. The normalized spacial score (nSPS) is 10.2. The standard InChI is InChI=1S/C11H20N4O/c1-4-6-12-8-9-15(2)11-13-7-5-10(14-11)16-3/h5,7,12H,4,6,8-9H2,1-3H3. The lowest BCUT2D eigenvalue weighted by molar-refractivity contribution is 0.397. The summed E-state index contributed by atoms with van der Waals surface area (Å²) < 4.78 is 5.05. The van der Waals surface area contributed by atoms with Crippen LogP contribution in [0.1, 0.15) is 13.3 Å². The van der Waals surface area contributed by atoms with Crippen molar-refractivity contribution in [3.63, 3.8) is 0 Å². The van der Waals surface area contributed by atoms with E-state index in [4.69, 9.17) is 4.74 Å². The number of hydrogen-bond donors (Lipinski definition) is 1. The van der Waals surface area contributed by atoms with E-state index in [1.165, 1.54) is 0 Å². The van der Waals surface area contributed by atoms with E-state index in [0.717, 1.165) is 26.1 Å². The largest absolute Gasteiger partial charge is 0.481 e. The third-order valence-corrected chi connectivity index (χ3v) is 2.22. The predicted molar refractivity (Wildman–Crippen MR) is 65.0 cm³/mol. The van der Waals surface area contributed by atoms with Gasteiger partial charge in [-0.15, -0.1) is 0 Å². The molecule has 0 atom stereocenters. The zero-order valence-electron chi connectivity index (χ0n) is 10.2. The van der Waals surface area contributed by atoms with Gasteiger partial charge in [0.05, 0.1) is 7.11 Å². The van der Waals surface area contributed by atoms with Gasteiger partial charge in [0, 0.05) is 32.4 Å². The Morgan fingerprint density at radius 3 is 2.94 bits per heavy atom. The van der Waals surface area contributed by atoms with Crippen LogP contribution in [0.25, 0.3) is 0 Å². The van der Waals surface area contributed by atoms with Crippen LogP contribution >= 0.6 is 0 Å². The first-order valence-corrected chi connectivity index (χ1v) is 5.56. The van der Waals surface area contributed by atoms with Crippen molar-refractivity contribution in [2.45, 2.75) is 13.3 Å². The number of nitrogens with zero attached hydrogens (tertiary/aromatic N) is 3. The molecular weight excluding hydrogens is 204 g/mol. The first-order chi connectivity index (χ1) is 7.77. The van der Waals surface area contributed by atoms with E-state index in [9.17, 15) is 0 Å². The fourth-order valence-corrected chi connectivity index (χ4v) is 1.28. The number of aromatic nitrogens is 2. The van der Waals surface area contributed by atoms with Crippen LogP contribution < -0.4 is 15.0 Å². The van der Waals surface area contributed by atoms with Crippen molar-refractivity contribution >= 4 is 5.95 Å². The highest BCUT2D eigenvalue weighted by atomic mass is 16.5. The van der Waals surface area contributed by atoms with E-state index < -0.39 is 0 Å². The number of methoxy groups -OCH3 is 1. The molecule has 1 rings (SSSR count). The van der Waals surface area contributed by atoms with Crippen LogP contribution in [0.3, 0.4) is 0 Å². The molecule has 5 heteroatoms. The maximum atomic E-state index is 5.05. The second-order valence-electron chi connectivity index (χ2n) is 3.57. The second-order valence-corrected chi connectivity index (χ2v) is 3.57. The fraction of sp³-hybridized carbons (Fsp3) is 0.636. The highest BCUT2D eigenvalue weighted by Crippen LogP contribution is 2.09. The summed E-state index contributed by atoms with van der Waals surface area (Å²) in [7, 11) is 3.58. The van der Waals surface area contributed by atoms with E-state index in [1.807, 2.05) is 11.9 Å². The van der Waals surface area contributed by atoms with Crippen molar-refractivity contribution in [2.75, 3.05) is 38.7 Å². The minimum atomic E-state index is 0.596. The van der Waals surface area contributed by atoms with Crippen LogP contribution in [0.4, 0.5) is 5.95 Å². The topological polar surface area (TPSA) is 50.3 Å². The molecule has 90 valence electrons. The van der Waals surface area contributed by atoms with Gasteiger partial charge < -0.3 is 15.0 Å². The van der Waals surface area contributed by atoms with Crippen molar-refractivity contribution < 1.29 is 4.74 Å². The molecule has 0 saturated heterocycles. The summed E-state index contributed by atoms with van der Waals surface area (Å²) in [5.41, 5.74) is 0. The first kappa shape index (κ1) is 12.7. The van der Waals surface area contributed by atoms with E-state index in [1.54, 1.807) is 19.4 Å². The zero-order chi connectivity index (χ0) is 11.8. The number of anilines is 1. The summed E-state index contributed by atoms with van der Waals surface area (Å²) in [5, 5.41) is 3.34. The van der Waals surface area contributed by atoms with Crippen molar-refractivity contribution in [3.05, 3.63) is 12.3 Å². The Morgan fingerprint density at radius 1 is 1.44 bits per heavy atom. The van der Waals surface area contributed by atoms with Gasteiger partial charge in [-0.3, -0.25) is 0 Å². The highest BCUT2D eigenvalue weighted by molar-refractivity contribution is 5.30. The number of hydrogen-bond acceptors (Lipinski definition) is 5. The Labute approximate surface area is 96.8 Å². The van der Waals surface area contributed by atoms with Gasteiger partial charge in [0.2, 0.25) is 11.8 Å². The van der Waals surface area contributed by atoms with Gasteiger partial charge in [-0.05, 0) is 13.0 Å². The van der Waals surface area contributed by atoms with Crippen molar-refractivity contribution in [1.82, 2.24) is 15.3 Å². The van der Waals surface area contributed by atoms with Gasteiger partial charge in [-0.2, -0.15) is 4.98 Å². The minimum absolute atomic E-state index is 0.596. The average molecular weight is 224 g/mol. The molecule has 0 bridgehead atoms. The van der Waals surface area contributed by atoms with Crippen LogP contribution in [0.2, 0.25) is 0 Å². The first-order valence-electron chi connectivity index (χ1n) is 5.56. The van der Waals surface area contributed by atoms with E-state index in [2.05, 4.69) is 22.2 Å². The lowest BCUT2D eigenvalue weighted by Crippen LogP contribution is -2.30. The van der Waals surface area contributed by atoms with Crippen molar-refractivity contribution in [1.29, 1.82) is 0 Å². The Hall–Kier alpha value is -1.36. The summed E-state index contributed by atoms with van der Waals surface area (Å²) in [6.07, 6.45) is 2.86. The molecule has 0 saturated carbocycles. The molecule has 0 radical (unpaired) electrons. The quantitative estimate of drug-likeness (QED) is 0.698. The average Bonchev–Trinajstić information content (AvgIpc) is 2.34. The summed E-state index contributed by atoms with van der Waals surface area (Å²) in [5.74, 6) is 1.29. The van der Waals surface area contributed by atoms with Gasteiger partial charge in [-0.25, -0.2) is 4.98 Å². The Balaban J connectivity index is 2.42. The highest BCUT2D eigenvalue weighted by Gasteiger charge is 2.04. The molecule has 0 aliphatic carbocycles. The molecule has 0 fully saturated rings. The van der Waals surface area contributed by atoms with E-state index in [-0.39, 0.29) is 0 Å². The summed E-state index contributed by atoms with van der Waals surface area (Å²) in [6.45, 7) is 5.02. The molecule has 1 aromatic rings. The minimum Gasteiger partial charge on any atom is -0.481 e. The summed E-state index contributed by atoms with van der Waals surface area (Å²) >= 11 is 0. The number of rotatable bonds is 7. The Morgan fingerprint density at radius 2 is 2.25 bits per heavy atom. The van der Waals surface area contributed by atoms with Gasteiger partial charge in [-0.1, -0.05) is 6.92 Å². The van der Waals surface area contributed by atoms with Gasteiger partial charge in [0.25, 0.3) is 0 Å². The van der Waals surface area contributed by atoms with E-state index >= 15 is 0 Å². The molecule has 1 N–H and O–H groups in total.